The highest BCUT2D eigenvalue weighted by atomic mass is 16.6. The van der Waals surface area contributed by atoms with E-state index >= 15 is 0 Å². The van der Waals surface area contributed by atoms with Gasteiger partial charge in [0.15, 0.2) is 11.4 Å². The van der Waals surface area contributed by atoms with Gasteiger partial charge < -0.3 is 34.6 Å². The first-order valence-electron chi connectivity index (χ1n) is 14.3. The van der Waals surface area contributed by atoms with E-state index < -0.39 is 88.2 Å². The van der Waals surface area contributed by atoms with Crippen molar-refractivity contribution in [1.29, 1.82) is 0 Å². The third-order valence-corrected chi connectivity index (χ3v) is 11.2. The van der Waals surface area contributed by atoms with E-state index in [2.05, 4.69) is 13.8 Å². The van der Waals surface area contributed by atoms with E-state index in [4.69, 9.17) is 14.2 Å². The Bertz CT molecular complexity index is 1250. The maximum Gasteiger partial charge on any atom is 0.338 e. The highest BCUT2D eigenvalue weighted by Crippen LogP contribution is 2.79. The Morgan fingerprint density at radius 1 is 1.18 bits per heavy atom. The molecule has 218 valence electrons. The molecule has 0 bridgehead atoms. The van der Waals surface area contributed by atoms with Crippen LogP contribution in [0.1, 0.15) is 51.4 Å². The molecule has 0 aromatic heterocycles. The van der Waals surface area contributed by atoms with Gasteiger partial charge in [0.1, 0.15) is 23.4 Å². The van der Waals surface area contributed by atoms with E-state index in [1.165, 1.54) is 12.2 Å². The molecule has 12 atom stereocenters. The number of carbonyl (C=O) groups excluding carboxylic acids is 2. The molecular formula is C31H40O9. The molecule has 40 heavy (non-hydrogen) atoms. The van der Waals surface area contributed by atoms with Gasteiger partial charge in [-0.15, -0.1) is 0 Å². The van der Waals surface area contributed by atoms with Crippen LogP contribution in [-0.4, -0.2) is 86.1 Å². The summed E-state index contributed by atoms with van der Waals surface area (Å²) >= 11 is 0. The minimum Gasteiger partial charge on any atom is -0.455 e. The van der Waals surface area contributed by atoms with Crippen molar-refractivity contribution in [2.45, 2.75) is 81.8 Å². The van der Waals surface area contributed by atoms with Crippen LogP contribution in [0.25, 0.3) is 0 Å². The van der Waals surface area contributed by atoms with E-state index in [1.54, 1.807) is 37.3 Å². The predicted molar refractivity (Wildman–Crippen MR) is 142 cm³/mol. The van der Waals surface area contributed by atoms with E-state index in [9.17, 15) is 30.0 Å². The number of rotatable bonds is 7. The summed E-state index contributed by atoms with van der Waals surface area (Å²) in [6.07, 6.45) is -0.0633. The Hall–Kier alpha value is -2.14. The molecule has 3 saturated carbocycles. The lowest BCUT2D eigenvalue weighted by atomic mass is 9.58. The van der Waals surface area contributed by atoms with Crippen LogP contribution in [0.4, 0.5) is 0 Å². The molecule has 6 rings (SSSR count). The van der Waals surface area contributed by atoms with Crippen LogP contribution < -0.4 is 0 Å². The second kappa shape index (κ2) is 8.69. The molecule has 9 heteroatoms. The highest BCUT2D eigenvalue weighted by Gasteiger charge is 2.92. The summed E-state index contributed by atoms with van der Waals surface area (Å²) < 4.78 is 19.1. The van der Waals surface area contributed by atoms with Crippen molar-refractivity contribution >= 4 is 11.8 Å². The zero-order chi connectivity index (χ0) is 29.0. The molecule has 4 aliphatic carbocycles. The molecule has 2 unspecified atom stereocenters. The van der Waals surface area contributed by atoms with Gasteiger partial charge in [0.25, 0.3) is 0 Å². The zero-order valence-corrected chi connectivity index (χ0v) is 23.6. The van der Waals surface area contributed by atoms with Crippen LogP contribution in [0.2, 0.25) is 0 Å². The normalized spacial score (nSPS) is 48.2. The number of benzene rings is 1. The molecule has 9 nitrogen and oxygen atoms in total. The largest absolute Gasteiger partial charge is 0.455 e. The first-order valence-corrected chi connectivity index (χ1v) is 14.3. The number of hydrogen-bond donors (Lipinski definition) is 4. The van der Waals surface area contributed by atoms with Crippen molar-refractivity contribution in [3.63, 3.8) is 0 Å². The van der Waals surface area contributed by atoms with Crippen molar-refractivity contribution in [3.05, 3.63) is 48.0 Å². The van der Waals surface area contributed by atoms with Gasteiger partial charge in [-0.2, -0.15) is 0 Å². The SMILES string of the molecule is CCC(C)CO[C@@]12[C@H](OC(=O)c3ccccc3)[C@@H](C)[C@@]3(O)[C@H]([C@@H]1C2(C)C)[C@@H]1O[C@]1(CO)C(O)[C@]1(O)C(=O)C=C[C@@H]31. The van der Waals surface area contributed by atoms with Gasteiger partial charge in [-0.1, -0.05) is 65.3 Å². The Labute approximate surface area is 234 Å². The van der Waals surface area contributed by atoms with Gasteiger partial charge in [0, 0.05) is 29.1 Å². The number of ether oxygens (including phenoxy) is 3. The quantitative estimate of drug-likeness (QED) is 0.291. The summed E-state index contributed by atoms with van der Waals surface area (Å²) in [5, 5.41) is 46.6. The minimum absolute atomic E-state index is 0.221. The number of aliphatic hydroxyl groups excluding tert-OH is 2. The van der Waals surface area contributed by atoms with Gasteiger partial charge in [0.05, 0.1) is 30.5 Å². The number of esters is 1. The fourth-order valence-electron chi connectivity index (χ4n) is 8.67. The third-order valence-electron chi connectivity index (χ3n) is 11.2. The molecule has 1 saturated heterocycles. The van der Waals surface area contributed by atoms with Gasteiger partial charge in [-0.25, -0.2) is 4.79 Å². The lowest BCUT2D eigenvalue weighted by Gasteiger charge is -2.54. The van der Waals surface area contributed by atoms with Crippen molar-refractivity contribution in [1.82, 2.24) is 0 Å². The molecule has 4 fully saturated rings. The Balaban J connectivity index is 1.51. The number of fused-ring (bicyclic) bond motifs is 7. The van der Waals surface area contributed by atoms with Crippen LogP contribution in [0.15, 0.2) is 42.5 Å². The summed E-state index contributed by atoms with van der Waals surface area (Å²) in [4.78, 5) is 26.6. The van der Waals surface area contributed by atoms with E-state index in [-0.39, 0.29) is 5.92 Å². The molecule has 0 amide bonds. The topological polar surface area (TPSA) is 146 Å². The molecule has 0 radical (unpaired) electrons. The summed E-state index contributed by atoms with van der Waals surface area (Å²) in [5.74, 6) is -4.35. The third kappa shape index (κ3) is 3.14. The molecule has 1 aromatic rings. The van der Waals surface area contributed by atoms with Gasteiger partial charge in [-0.05, 0) is 24.1 Å². The molecule has 1 heterocycles. The van der Waals surface area contributed by atoms with E-state index in [1.807, 2.05) is 13.8 Å². The van der Waals surface area contributed by atoms with Gasteiger partial charge in [0.2, 0.25) is 0 Å². The lowest BCUT2D eigenvalue weighted by molar-refractivity contribution is -0.241. The number of hydrogen-bond acceptors (Lipinski definition) is 9. The average Bonchev–Trinajstić information content (AvgIpc) is 3.75. The number of epoxide rings is 1. The van der Waals surface area contributed by atoms with Crippen LogP contribution in [0.3, 0.4) is 0 Å². The monoisotopic (exact) mass is 556 g/mol. The molecule has 1 aliphatic heterocycles. The second-order valence-corrected chi connectivity index (χ2v) is 13.3. The van der Waals surface area contributed by atoms with Gasteiger partial charge >= 0.3 is 5.97 Å². The molecule has 4 N–H and O–H groups in total. The Morgan fingerprint density at radius 3 is 2.48 bits per heavy atom. The number of ketones is 1. The summed E-state index contributed by atoms with van der Waals surface area (Å²) in [6, 6.07) is 8.59. The minimum atomic E-state index is -2.42. The first kappa shape index (κ1) is 28.0. The Kier molecular flexibility index (Phi) is 6.08. The van der Waals surface area contributed by atoms with Crippen molar-refractivity contribution < 1.29 is 44.2 Å². The maximum atomic E-state index is 13.5. The van der Waals surface area contributed by atoms with Crippen LogP contribution in [0.5, 0.6) is 0 Å². The maximum absolute atomic E-state index is 13.5. The van der Waals surface area contributed by atoms with E-state index in [0.29, 0.717) is 12.2 Å². The standard InChI is InChI=1S/C31H40O9/c1-6-16(2)14-38-31-22(27(31,4)5)21-24-28(15-32,40-24)26(35)30(37)19(12-13-20(30)33)29(21,36)17(3)23(31)39-25(34)18-10-8-7-9-11-18/h7-13,16-17,19,21-24,26,32,35-37H,6,14-15H2,1-5H3/t16?,17-,19+,21-,22-,23-,24+,26?,28+,29+,30-,31-/m1/s1. The first-order chi connectivity index (χ1) is 18.8. The highest BCUT2D eigenvalue weighted by molar-refractivity contribution is 6.01. The summed E-state index contributed by atoms with van der Waals surface area (Å²) in [7, 11) is 0. The molecule has 1 aromatic carbocycles. The number of aliphatic hydroxyl groups is 4. The van der Waals surface area contributed by atoms with Crippen LogP contribution >= 0.6 is 0 Å². The predicted octanol–water partition coefficient (Wildman–Crippen LogP) is 1.66. The summed E-state index contributed by atoms with van der Waals surface area (Å²) in [5.41, 5.74) is -7.16. The fraction of sp³-hybridized carbons (Fsp3) is 0.677. The average molecular weight is 557 g/mol. The van der Waals surface area contributed by atoms with Gasteiger partial charge in [-0.3, -0.25) is 4.79 Å². The fourth-order valence-corrected chi connectivity index (χ4v) is 8.67. The molecule has 0 spiro atoms. The van der Waals surface area contributed by atoms with E-state index in [0.717, 1.165) is 6.42 Å². The molecule has 5 aliphatic rings. The molecular weight excluding hydrogens is 516 g/mol. The smallest absolute Gasteiger partial charge is 0.338 e. The number of carbonyl (C=O) groups is 2. The van der Waals surface area contributed by atoms with Crippen molar-refractivity contribution in [2.75, 3.05) is 13.2 Å². The van der Waals surface area contributed by atoms with Crippen molar-refractivity contribution in [2.24, 2.45) is 35.0 Å². The van der Waals surface area contributed by atoms with Crippen LogP contribution in [0, 0.1) is 35.0 Å². The zero-order valence-electron chi connectivity index (χ0n) is 23.6. The van der Waals surface area contributed by atoms with Crippen molar-refractivity contribution in [3.8, 4) is 0 Å². The summed E-state index contributed by atoms with van der Waals surface area (Å²) in [6.45, 7) is 9.66. The lowest BCUT2D eigenvalue weighted by Crippen LogP contribution is -2.68. The second-order valence-electron chi connectivity index (χ2n) is 13.3. The van der Waals surface area contributed by atoms with Crippen LogP contribution in [-0.2, 0) is 19.0 Å². The Morgan fingerprint density at radius 2 is 1.85 bits per heavy atom.